The fraction of sp³-hybridized carbons (Fsp3) is 0.556. The molecule has 20 heavy (non-hydrogen) atoms. The highest BCUT2D eigenvalue weighted by atomic mass is 32.2. The number of rotatable bonds is 6. The topological polar surface area (TPSA) is 12.0 Å². The fourth-order valence-electron chi connectivity index (χ4n) is 2.78. The van der Waals surface area contributed by atoms with Crippen LogP contribution in [0.2, 0.25) is 0 Å². The lowest BCUT2D eigenvalue weighted by Gasteiger charge is -2.16. The summed E-state index contributed by atoms with van der Waals surface area (Å²) in [6.45, 7) is 1.13. The molecule has 1 saturated carbocycles. The van der Waals surface area contributed by atoms with E-state index in [1.165, 1.54) is 66.9 Å². The first kappa shape index (κ1) is 14.1. The van der Waals surface area contributed by atoms with Crippen LogP contribution in [0, 0.1) is 5.92 Å². The maximum absolute atomic E-state index is 3.65. The highest BCUT2D eigenvalue weighted by Crippen LogP contribution is 2.34. The summed E-state index contributed by atoms with van der Waals surface area (Å²) in [6.07, 6.45) is 13.2. The van der Waals surface area contributed by atoms with Crippen molar-refractivity contribution in [3.8, 4) is 0 Å². The predicted octanol–water partition coefficient (Wildman–Crippen LogP) is 5.13. The monoisotopic (exact) mass is 287 g/mol. The van der Waals surface area contributed by atoms with Crippen molar-refractivity contribution >= 4 is 11.8 Å². The SMILES string of the molecule is C1=C(NCCCCC2CC2)Sc2ccccc2CCC1. The van der Waals surface area contributed by atoms with E-state index in [4.69, 9.17) is 0 Å². The molecule has 1 aromatic carbocycles. The van der Waals surface area contributed by atoms with Gasteiger partial charge in [0.05, 0.1) is 5.03 Å². The Morgan fingerprint density at radius 3 is 2.95 bits per heavy atom. The maximum Gasteiger partial charge on any atom is 0.0689 e. The molecule has 0 bridgehead atoms. The second kappa shape index (κ2) is 7.21. The van der Waals surface area contributed by atoms with Crippen LogP contribution >= 0.6 is 11.8 Å². The van der Waals surface area contributed by atoms with E-state index in [9.17, 15) is 0 Å². The number of nitrogens with one attached hydrogen (secondary N) is 1. The lowest BCUT2D eigenvalue weighted by Crippen LogP contribution is -2.13. The molecule has 0 aromatic heterocycles. The predicted molar refractivity (Wildman–Crippen MR) is 87.9 cm³/mol. The van der Waals surface area contributed by atoms with Crippen LogP contribution in [-0.2, 0) is 6.42 Å². The van der Waals surface area contributed by atoms with Gasteiger partial charge in [0.1, 0.15) is 0 Å². The fourth-order valence-corrected chi connectivity index (χ4v) is 3.84. The summed E-state index contributed by atoms with van der Waals surface area (Å²) in [7, 11) is 0. The van der Waals surface area contributed by atoms with Gasteiger partial charge in [-0.25, -0.2) is 0 Å². The minimum Gasteiger partial charge on any atom is -0.380 e. The molecule has 2 heteroatoms. The van der Waals surface area contributed by atoms with E-state index in [0.717, 1.165) is 12.5 Å². The average Bonchev–Trinajstić information content (AvgIpc) is 3.25. The first-order valence-corrected chi connectivity index (χ1v) is 8.93. The molecule has 108 valence electrons. The molecule has 1 heterocycles. The highest BCUT2D eigenvalue weighted by molar-refractivity contribution is 8.03. The number of allylic oxidation sites excluding steroid dienone is 1. The third kappa shape index (κ3) is 4.31. The molecule has 3 rings (SSSR count). The molecule has 1 fully saturated rings. The molecule has 0 radical (unpaired) electrons. The van der Waals surface area contributed by atoms with Crippen molar-refractivity contribution in [3.05, 3.63) is 40.9 Å². The second-order valence-electron chi connectivity index (χ2n) is 6.04. The lowest BCUT2D eigenvalue weighted by molar-refractivity contribution is 0.612. The maximum atomic E-state index is 3.65. The van der Waals surface area contributed by atoms with Crippen LogP contribution in [0.5, 0.6) is 0 Å². The molecule has 1 aliphatic heterocycles. The van der Waals surface area contributed by atoms with Gasteiger partial charge in [-0.3, -0.25) is 0 Å². The smallest absolute Gasteiger partial charge is 0.0689 e. The van der Waals surface area contributed by atoms with Crippen molar-refractivity contribution in [2.24, 2.45) is 5.92 Å². The second-order valence-corrected chi connectivity index (χ2v) is 7.12. The zero-order valence-corrected chi connectivity index (χ0v) is 13.1. The minimum atomic E-state index is 1.08. The number of aryl methyl sites for hydroxylation is 1. The van der Waals surface area contributed by atoms with E-state index >= 15 is 0 Å². The Labute approximate surface area is 127 Å². The van der Waals surface area contributed by atoms with E-state index in [2.05, 4.69) is 35.7 Å². The average molecular weight is 287 g/mol. The van der Waals surface area contributed by atoms with Gasteiger partial charge in [-0.15, -0.1) is 0 Å². The normalized spacial score (nSPS) is 18.7. The van der Waals surface area contributed by atoms with Crippen molar-refractivity contribution in [1.82, 2.24) is 5.32 Å². The van der Waals surface area contributed by atoms with E-state index in [1.807, 2.05) is 11.8 Å². The largest absolute Gasteiger partial charge is 0.380 e. The summed E-state index contributed by atoms with van der Waals surface area (Å²) >= 11 is 1.92. The molecule has 0 saturated heterocycles. The molecule has 0 atom stereocenters. The Hall–Kier alpha value is -0.890. The molecule has 1 N–H and O–H groups in total. The Kier molecular flexibility index (Phi) is 5.07. The van der Waals surface area contributed by atoms with Gasteiger partial charge in [0.25, 0.3) is 0 Å². The molecule has 2 aliphatic rings. The Bertz CT molecular complexity index is 462. The van der Waals surface area contributed by atoms with Gasteiger partial charge in [-0.1, -0.05) is 61.7 Å². The van der Waals surface area contributed by atoms with Crippen LogP contribution in [0.1, 0.15) is 50.5 Å². The summed E-state index contributed by atoms with van der Waals surface area (Å²) in [5.74, 6) is 1.08. The van der Waals surface area contributed by atoms with E-state index in [0.29, 0.717) is 0 Å². The molecule has 1 aromatic rings. The van der Waals surface area contributed by atoms with Crippen LogP contribution in [0.25, 0.3) is 0 Å². The van der Waals surface area contributed by atoms with Crippen molar-refractivity contribution in [1.29, 1.82) is 0 Å². The molecular formula is C18H25NS. The van der Waals surface area contributed by atoms with Gasteiger partial charge >= 0.3 is 0 Å². The van der Waals surface area contributed by atoms with Crippen LogP contribution in [0.3, 0.4) is 0 Å². The van der Waals surface area contributed by atoms with Crippen LogP contribution in [0.15, 0.2) is 40.3 Å². The molecular weight excluding hydrogens is 262 g/mol. The number of benzene rings is 1. The minimum absolute atomic E-state index is 1.08. The van der Waals surface area contributed by atoms with Gasteiger partial charge < -0.3 is 5.32 Å². The summed E-state index contributed by atoms with van der Waals surface area (Å²) < 4.78 is 0. The van der Waals surface area contributed by atoms with E-state index in [-0.39, 0.29) is 0 Å². The quantitative estimate of drug-likeness (QED) is 0.728. The van der Waals surface area contributed by atoms with Crippen molar-refractivity contribution in [3.63, 3.8) is 0 Å². The van der Waals surface area contributed by atoms with Gasteiger partial charge in [0, 0.05) is 11.4 Å². The standard InChI is InChI=1S/C18H25NS/c1-3-10-17-16(8-1)9-2-4-11-18(20-17)19-14-6-5-7-15-12-13-15/h1,3,8,10-11,15,19H,2,4-7,9,12-14H2. The third-order valence-electron chi connectivity index (χ3n) is 4.21. The Morgan fingerprint density at radius 1 is 1.15 bits per heavy atom. The number of unbranched alkanes of at least 4 members (excludes halogenated alkanes) is 1. The van der Waals surface area contributed by atoms with Gasteiger partial charge in [-0.2, -0.15) is 0 Å². The van der Waals surface area contributed by atoms with Gasteiger partial charge in [0.15, 0.2) is 0 Å². The number of hydrogen-bond donors (Lipinski definition) is 1. The number of hydrogen-bond acceptors (Lipinski definition) is 2. The third-order valence-corrected chi connectivity index (χ3v) is 5.36. The summed E-state index contributed by atoms with van der Waals surface area (Å²) in [5, 5.41) is 5.01. The molecule has 1 nitrogen and oxygen atoms in total. The van der Waals surface area contributed by atoms with E-state index in [1.54, 1.807) is 0 Å². The van der Waals surface area contributed by atoms with Crippen molar-refractivity contribution in [2.45, 2.75) is 56.3 Å². The first-order valence-electron chi connectivity index (χ1n) is 8.11. The highest BCUT2D eigenvalue weighted by Gasteiger charge is 2.19. The van der Waals surface area contributed by atoms with E-state index < -0.39 is 0 Å². The van der Waals surface area contributed by atoms with Gasteiger partial charge in [-0.05, 0) is 43.2 Å². The van der Waals surface area contributed by atoms with Crippen LogP contribution in [0.4, 0.5) is 0 Å². The summed E-state index contributed by atoms with van der Waals surface area (Å²) in [5.41, 5.74) is 1.51. The summed E-state index contributed by atoms with van der Waals surface area (Å²) in [6, 6.07) is 8.85. The molecule has 0 unspecified atom stereocenters. The van der Waals surface area contributed by atoms with Crippen LogP contribution < -0.4 is 5.32 Å². The zero-order chi connectivity index (χ0) is 13.6. The molecule has 0 amide bonds. The van der Waals surface area contributed by atoms with Crippen molar-refractivity contribution < 1.29 is 0 Å². The zero-order valence-electron chi connectivity index (χ0n) is 12.2. The Balaban J connectivity index is 1.47. The van der Waals surface area contributed by atoms with Crippen LogP contribution in [-0.4, -0.2) is 6.54 Å². The Morgan fingerprint density at radius 2 is 2.05 bits per heavy atom. The summed E-state index contributed by atoms with van der Waals surface area (Å²) in [4.78, 5) is 1.43. The van der Waals surface area contributed by atoms with Gasteiger partial charge in [0.2, 0.25) is 0 Å². The first-order chi connectivity index (χ1) is 9.92. The van der Waals surface area contributed by atoms with Crippen molar-refractivity contribution in [2.75, 3.05) is 6.54 Å². The molecule has 0 spiro atoms. The molecule has 1 aliphatic carbocycles. The number of fused-ring (bicyclic) bond motifs is 1. The lowest BCUT2D eigenvalue weighted by atomic mass is 10.1. The number of thioether (sulfide) groups is 1.